The van der Waals surface area contributed by atoms with Crippen molar-refractivity contribution in [2.24, 2.45) is 5.92 Å². The Hall–Kier alpha value is -3.15. The maximum absolute atomic E-state index is 12.9. The lowest BCUT2D eigenvalue weighted by Gasteiger charge is -2.26. The van der Waals surface area contributed by atoms with Crippen LogP contribution in [0.4, 0.5) is 0 Å². The number of ether oxygens (including phenoxy) is 1. The summed E-state index contributed by atoms with van der Waals surface area (Å²) in [5.74, 6) is 1.83. The van der Waals surface area contributed by atoms with Crippen LogP contribution in [-0.4, -0.2) is 27.7 Å². The van der Waals surface area contributed by atoms with E-state index in [9.17, 15) is 4.79 Å². The van der Waals surface area contributed by atoms with Crippen molar-refractivity contribution in [3.05, 3.63) is 77.4 Å². The number of nitrogens with zero attached hydrogens (tertiary/aromatic N) is 2. The number of carbonyl (C=O) groups is 1. The minimum atomic E-state index is -0.397. The minimum absolute atomic E-state index is 0.0594. The first-order valence-corrected chi connectivity index (χ1v) is 8.65. The van der Waals surface area contributed by atoms with Gasteiger partial charge in [-0.2, -0.15) is 5.10 Å². The van der Waals surface area contributed by atoms with Gasteiger partial charge in [0.05, 0.1) is 5.92 Å². The Labute approximate surface area is 151 Å². The zero-order chi connectivity index (χ0) is 17.9. The molecule has 6 heteroatoms. The van der Waals surface area contributed by atoms with Crippen molar-refractivity contribution in [2.75, 3.05) is 6.61 Å². The van der Waals surface area contributed by atoms with E-state index in [0.717, 1.165) is 16.9 Å². The Morgan fingerprint density at radius 3 is 2.73 bits per heavy atom. The number of hydrogen-bond acceptors (Lipinski definition) is 4. The molecule has 0 bridgehead atoms. The third kappa shape index (κ3) is 3.31. The molecule has 4 rings (SSSR count). The van der Waals surface area contributed by atoms with E-state index < -0.39 is 6.04 Å². The van der Waals surface area contributed by atoms with Crippen molar-refractivity contribution in [3.63, 3.8) is 0 Å². The maximum Gasteiger partial charge on any atom is 0.227 e. The lowest BCUT2D eigenvalue weighted by atomic mass is 9.95. The van der Waals surface area contributed by atoms with Gasteiger partial charge in [0, 0.05) is 0 Å². The van der Waals surface area contributed by atoms with Crippen LogP contribution < -0.4 is 10.1 Å². The minimum Gasteiger partial charge on any atom is -0.492 e. The predicted octanol–water partition coefficient (Wildman–Crippen LogP) is 2.57. The van der Waals surface area contributed by atoms with Crippen molar-refractivity contribution in [1.82, 2.24) is 20.5 Å². The van der Waals surface area contributed by atoms with Gasteiger partial charge >= 0.3 is 0 Å². The highest BCUT2D eigenvalue weighted by atomic mass is 16.5. The number of hydrogen-bond donors (Lipinski definition) is 2. The summed E-state index contributed by atoms with van der Waals surface area (Å²) in [6, 6.07) is 17.2. The summed E-state index contributed by atoms with van der Waals surface area (Å²) in [5.41, 5.74) is 2.00. The van der Waals surface area contributed by atoms with Crippen LogP contribution in [0.3, 0.4) is 0 Å². The number of para-hydroxylation sites is 1. The number of aromatic amines is 1. The van der Waals surface area contributed by atoms with Gasteiger partial charge in [-0.05, 0) is 30.5 Å². The standard InChI is InChI=1S/C20H20N4O2/c1-13-21-19(24-23-13)18(14-7-3-2-4-8-14)22-20(25)16-11-15-9-5-6-10-17(15)26-12-16/h2-10,16,18H,11-12H2,1H3,(H,22,25)(H,21,23,24)/t16-,18+/m1/s1. The molecule has 0 aliphatic carbocycles. The normalized spacial score (nSPS) is 17.0. The third-order valence-corrected chi connectivity index (χ3v) is 4.54. The van der Waals surface area contributed by atoms with E-state index in [1.165, 1.54) is 0 Å². The van der Waals surface area contributed by atoms with Crippen LogP contribution in [0.25, 0.3) is 0 Å². The van der Waals surface area contributed by atoms with Crippen molar-refractivity contribution < 1.29 is 9.53 Å². The number of nitrogens with one attached hydrogen (secondary N) is 2. The second-order valence-corrected chi connectivity index (χ2v) is 6.45. The van der Waals surface area contributed by atoms with Crippen molar-refractivity contribution in [3.8, 4) is 5.75 Å². The number of aromatic nitrogens is 3. The third-order valence-electron chi connectivity index (χ3n) is 4.54. The van der Waals surface area contributed by atoms with E-state index in [1.807, 2.05) is 61.5 Å². The van der Waals surface area contributed by atoms with Crippen LogP contribution >= 0.6 is 0 Å². The molecule has 132 valence electrons. The summed E-state index contributed by atoms with van der Waals surface area (Å²) in [7, 11) is 0. The van der Waals surface area contributed by atoms with Crippen LogP contribution in [-0.2, 0) is 11.2 Å². The zero-order valence-electron chi connectivity index (χ0n) is 14.5. The van der Waals surface area contributed by atoms with E-state index in [1.54, 1.807) is 0 Å². The van der Waals surface area contributed by atoms with Gasteiger partial charge in [-0.15, -0.1) is 0 Å². The van der Waals surface area contributed by atoms with E-state index >= 15 is 0 Å². The smallest absolute Gasteiger partial charge is 0.227 e. The highest BCUT2D eigenvalue weighted by molar-refractivity contribution is 5.80. The largest absolute Gasteiger partial charge is 0.492 e. The molecule has 6 nitrogen and oxygen atoms in total. The van der Waals surface area contributed by atoms with Crippen LogP contribution in [0.2, 0.25) is 0 Å². The quantitative estimate of drug-likeness (QED) is 0.759. The molecular formula is C20H20N4O2. The van der Waals surface area contributed by atoms with Gasteiger partial charge in [-0.25, -0.2) is 4.98 Å². The summed E-state index contributed by atoms with van der Waals surface area (Å²) in [5, 5.41) is 10.2. The summed E-state index contributed by atoms with van der Waals surface area (Å²) < 4.78 is 5.76. The van der Waals surface area contributed by atoms with Gasteiger partial charge in [0.25, 0.3) is 0 Å². The first kappa shape index (κ1) is 16.3. The molecule has 1 aliphatic heterocycles. The topological polar surface area (TPSA) is 79.9 Å². The van der Waals surface area contributed by atoms with Gasteiger partial charge in [0.1, 0.15) is 24.2 Å². The molecule has 1 amide bonds. The first-order valence-electron chi connectivity index (χ1n) is 8.65. The molecular weight excluding hydrogens is 328 g/mol. The molecule has 3 aromatic rings. The molecule has 1 aromatic heterocycles. The van der Waals surface area contributed by atoms with Crippen LogP contribution in [0.1, 0.15) is 28.8 Å². The summed E-state index contributed by atoms with van der Waals surface area (Å²) in [6.07, 6.45) is 0.663. The average Bonchev–Trinajstić information content (AvgIpc) is 3.12. The molecule has 0 saturated carbocycles. The lowest BCUT2D eigenvalue weighted by Crippen LogP contribution is -2.39. The number of rotatable bonds is 4. The molecule has 1 aliphatic rings. The molecule has 0 fully saturated rings. The fraction of sp³-hybridized carbons (Fsp3) is 0.250. The van der Waals surface area contributed by atoms with E-state index in [2.05, 4.69) is 20.5 Å². The number of fused-ring (bicyclic) bond motifs is 1. The molecule has 0 radical (unpaired) electrons. The molecule has 0 saturated heterocycles. The zero-order valence-corrected chi connectivity index (χ0v) is 14.5. The maximum atomic E-state index is 12.9. The van der Waals surface area contributed by atoms with Crippen LogP contribution in [0.15, 0.2) is 54.6 Å². The van der Waals surface area contributed by atoms with E-state index in [0.29, 0.717) is 24.7 Å². The van der Waals surface area contributed by atoms with Crippen molar-refractivity contribution in [2.45, 2.75) is 19.4 Å². The van der Waals surface area contributed by atoms with Gasteiger partial charge < -0.3 is 10.1 Å². The monoisotopic (exact) mass is 348 g/mol. The van der Waals surface area contributed by atoms with Gasteiger partial charge in [-0.3, -0.25) is 9.89 Å². The van der Waals surface area contributed by atoms with Gasteiger partial charge in [0.2, 0.25) is 5.91 Å². The summed E-state index contributed by atoms with van der Waals surface area (Å²) in [4.78, 5) is 17.3. The number of carbonyl (C=O) groups excluding carboxylic acids is 1. The number of benzene rings is 2. The molecule has 0 spiro atoms. The van der Waals surface area contributed by atoms with E-state index in [4.69, 9.17) is 4.74 Å². The Kier molecular flexibility index (Phi) is 4.39. The molecule has 2 atom stereocenters. The van der Waals surface area contributed by atoms with Gasteiger partial charge in [0.15, 0.2) is 5.82 Å². The number of H-pyrrole nitrogens is 1. The fourth-order valence-electron chi connectivity index (χ4n) is 3.19. The second-order valence-electron chi connectivity index (χ2n) is 6.45. The number of amides is 1. The summed E-state index contributed by atoms with van der Waals surface area (Å²) in [6.45, 7) is 2.21. The number of aryl methyl sites for hydroxylation is 1. The molecule has 0 unspecified atom stereocenters. The molecule has 2 N–H and O–H groups in total. The Morgan fingerprint density at radius 1 is 1.19 bits per heavy atom. The SMILES string of the molecule is Cc1nc([C@@H](NC(=O)[C@H]2COc3ccccc3C2)c2ccccc2)n[nH]1. The van der Waals surface area contributed by atoms with Crippen LogP contribution in [0.5, 0.6) is 5.75 Å². The second kappa shape index (κ2) is 7.00. The Morgan fingerprint density at radius 2 is 1.96 bits per heavy atom. The van der Waals surface area contributed by atoms with Crippen molar-refractivity contribution >= 4 is 5.91 Å². The Bertz CT molecular complexity index is 907. The predicted molar refractivity (Wildman–Crippen MR) is 96.7 cm³/mol. The average molecular weight is 348 g/mol. The Balaban J connectivity index is 1.55. The van der Waals surface area contributed by atoms with Gasteiger partial charge in [-0.1, -0.05) is 48.5 Å². The summed E-state index contributed by atoms with van der Waals surface area (Å²) >= 11 is 0. The molecule has 2 heterocycles. The van der Waals surface area contributed by atoms with Crippen molar-refractivity contribution in [1.29, 1.82) is 0 Å². The highest BCUT2D eigenvalue weighted by Crippen LogP contribution is 2.28. The van der Waals surface area contributed by atoms with Crippen LogP contribution in [0, 0.1) is 12.8 Å². The first-order chi connectivity index (χ1) is 12.7. The molecule has 2 aromatic carbocycles. The lowest BCUT2D eigenvalue weighted by molar-refractivity contribution is -0.126. The molecule has 26 heavy (non-hydrogen) atoms. The van der Waals surface area contributed by atoms with E-state index in [-0.39, 0.29) is 11.8 Å². The fourth-order valence-corrected chi connectivity index (χ4v) is 3.19. The highest BCUT2D eigenvalue weighted by Gasteiger charge is 2.29.